The van der Waals surface area contributed by atoms with E-state index in [2.05, 4.69) is 25.8 Å². The fraction of sp³-hybridized carbons (Fsp3) is 0.321. The van der Waals surface area contributed by atoms with Crippen LogP contribution in [0.1, 0.15) is 52.7 Å². The lowest BCUT2D eigenvalue weighted by Crippen LogP contribution is -2.38. The highest BCUT2D eigenvalue weighted by Gasteiger charge is 2.27. The van der Waals surface area contributed by atoms with Crippen molar-refractivity contribution >= 4 is 17.7 Å². The van der Waals surface area contributed by atoms with Gasteiger partial charge in [-0.3, -0.25) is 9.69 Å². The molecule has 6 heteroatoms. The zero-order chi connectivity index (χ0) is 25.0. The van der Waals surface area contributed by atoms with Crippen LogP contribution in [-0.4, -0.2) is 37.6 Å². The van der Waals surface area contributed by atoms with E-state index in [0.717, 1.165) is 22.4 Å². The van der Waals surface area contributed by atoms with Crippen molar-refractivity contribution in [2.45, 2.75) is 34.6 Å². The van der Waals surface area contributed by atoms with Gasteiger partial charge in [0.15, 0.2) is 0 Å². The second-order valence-electron chi connectivity index (χ2n) is 9.52. The zero-order valence-corrected chi connectivity index (χ0v) is 20.9. The number of methoxy groups -OCH3 is 2. The van der Waals surface area contributed by atoms with Crippen molar-refractivity contribution in [3.63, 3.8) is 0 Å². The lowest BCUT2D eigenvalue weighted by molar-refractivity contribution is 0.0599. The van der Waals surface area contributed by atoms with E-state index < -0.39 is 5.97 Å². The van der Waals surface area contributed by atoms with Crippen LogP contribution in [0.3, 0.4) is 0 Å². The highest BCUT2D eigenvalue weighted by molar-refractivity contribution is 6.10. The van der Waals surface area contributed by atoms with Gasteiger partial charge in [0.2, 0.25) is 0 Å². The number of carbonyl (C=O) groups is 2. The van der Waals surface area contributed by atoms with Crippen LogP contribution in [0.2, 0.25) is 0 Å². The van der Waals surface area contributed by atoms with Gasteiger partial charge < -0.3 is 9.47 Å². The van der Waals surface area contributed by atoms with Gasteiger partial charge in [0.1, 0.15) is 11.6 Å². The van der Waals surface area contributed by atoms with Gasteiger partial charge in [0.25, 0.3) is 5.91 Å². The van der Waals surface area contributed by atoms with Crippen LogP contribution in [0, 0.1) is 19.3 Å². The van der Waals surface area contributed by atoms with E-state index in [0.29, 0.717) is 29.2 Å². The number of rotatable bonds is 6. The molecule has 0 saturated carbocycles. The number of ether oxygens (including phenoxy) is 2. The molecule has 0 aliphatic carbocycles. The predicted molar refractivity (Wildman–Crippen MR) is 135 cm³/mol. The third kappa shape index (κ3) is 5.63. The van der Waals surface area contributed by atoms with Gasteiger partial charge in [0, 0.05) is 17.8 Å². The van der Waals surface area contributed by atoms with Gasteiger partial charge >= 0.3 is 5.97 Å². The van der Waals surface area contributed by atoms with Gasteiger partial charge in [-0.15, -0.1) is 0 Å². The first-order valence-electron chi connectivity index (χ1n) is 11.2. The normalized spacial score (nSPS) is 11.1. The predicted octanol–water partition coefficient (Wildman–Crippen LogP) is 5.85. The fourth-order valence-corrected chi connectivity index (χ4v) is 3.80. The molecule has 0 spiro atoms. The number of anilines is 1. The van der Waals surface area contributed by atoms with Crippen LogP contribution < -0.4 is 9.64 Å². The summed E-state index contributed by atoms with van der Waals surface area (Å²) in [5.74, 6) is 0.699. The molecule has 6 nitrogen and oxygen atoms in total. The maximum absolute atomic E-state index is 14.0. The number of benzene rings is 2. The molecule has 1 amide bonds. The molecule has 0 radical (unpaired) electrons. The van der Waals surface area contributed by atoms with Gasteiger partial charge in [-0.05, 0) is 72.4 Å². The molecule has 0 aliphatic rings. The van der Waals surface area contributed by atoms with Crippen LogP contribution in [-0.2, 0) is 4.74 Å². The number of esters is 1. The molecule has 0 bridgehead atoms. The first kappa shape index (κ1) is 25.0. The number of pyridine rings is 1. The molecular weight excluding hydrogens is 428 g/mol. The summed E-state index contributed by atoms with van der Waals surface area (Å²) in [6.07, 6.45) is 0. The first-order valence-corrected chi connectivity index (χ1v) is 11.2. The molecule has 0 saturated heterocycles. The lowest BCUT2D eigenvalue weighted by Gasteiger charge is -2.30. The monoisotopic (exact) mass is 460 g/mol. The molecule has 178 valence electrons. The Hall–Kier alpha value is -3.67. The Morgan fingerprint density at radius 1 is 0.941 bits per heavy atom. The van der Waals surface area contributed by atoms with E-state index in [1.807, 2.05) is 50.2 Å². The fourth-order valence-electron chi connectivity index (χ4n) is 3.80. The molecule has 0 aliphatic heterocycles. The van der Waals surface area contributed by atoms with Crippen molar-refractivity contribution in [2.75, 3.05) is 25.7 Å². The van der Waals surface area contributed by atoms with Crippen molar-refractivity contribution in [3.05, 3.63) is 77.0 Å². The molecular formula is C28H32N2O4. The molecule has 1 aromatic heterocycles. The maximum Gasteiger partial charge on any atom is 0.338 e. The third-order valence-corrected chi connectivity index (χ3v) is 5.43. The van der Waals surface area contributed by atoms with Crippen molar-refractivity contribution in [3.8, 4) is 16.9 Å². The average molecular weight is 461 g/mol. The van der Waals surface area contributed by atoms with Gasteiger partial charge in [-0.2, -0.15) is 0 Å². The number of aryl methyl sites for hydroxylation is 2. The Morgan fingerprint density at radius 2 is 1.65 bits per heavy atom. The van der Waals surface area contributed by atoms with Crippen LogP contribution in [0.5, 0.6) is 5.75 Å². The standard InChI is InChI=1S/C28H32N2O4/c1-18-15-20(11-13-22(18)27(32)34-7)24-16-21(33-6)12-14-23(24)26(31)30(17-28(3,4)5)25-10-8-9-19(2)29-25/h8-16H,17H2,1-7H3. The minimum absolute atomic E-state index is 0.146. The largest absolute Gasteiger partial charge is 0.497 e. The number of hydrogen-bond donors (Lipinski definition) is 0. The molecule has 0 fully saturated rings. The Balaban J connectivity index is 2.15. The molecule has 3 rings (SSSR count). The number of hydrogen-bond acceptors (Lipinski definition) is 5. The molecule has 3 aromatic rings. The van der Waals surface area contributed by atoms with E-state index in [4.69, 9.17) is 9.47 Å². The average Bonchev–Trinajstić information content (AvgIpc) is 2.80. The minimum Gasteiger partial charge on any atom is -0.497 e. The molecule has 2 aromatic carbocycles. The summed E-state index contributed by atoms with van der Waals surface area (Å²) in [5.41, 5.74) is 3.99. The highest BCUT2D eigenvalue weighted by Crippen LogP contribution is 2.32. The zero-order valence-electron chi connectivity index (χ0n) is 20.9. The topological polar surface area (TPSA) is 68.7 Å². The maximum atomic E-state index is 14.0. The van der Waals surface area contributed by atoms with Crippen molar-refractivity contribution in [1.29, 1.82) is 0 Å². The van der Waals surface area contributed by atoms with Crippen molar-refractivity contribution < 1.29 is 19.1 Å². The van der Waals surface area contributed by atoms with E-state index in [1.54, 1.807) is 30.2 Å². The van der Waals surface area contributed by atoms with Gasteiger partial charge in [-0.1, -0.05) is 39.0 Å². The molecule has 1 heterocycles. The number of nitrogens with zero attached hydrogens (tertiary/aromatic N) is 2. The summed E-state index contributed by atoms with van der Waals surface area (Å²) in [7, 11) is 2.95. The Morgan fingerprint density at radius 3 is 2.24 bits per heavy atom. The summed E-state index contributed by atoms with van der Waals surface area (Å²) in [6, 6.07) is 16.5. The van der Waals surface area contributed by atoms with E-state index in [9.17, 15) is 9.59 Å². The first-order chi connectivity index (χ1) is 16.0. The van der Waals surface area contributed by atoms with E-state index in [-0.39, 0.29) is 11.3 Å². The minimum atomic E-state index is -0.395. The van der Waals surface area contributed by atoms with Crippen LogP contribution in [0.4, 0.5) is 5.82 Å². The molecule has 0 N–H and O–H groups in total. The Labute approximate surface area is 201 Å². The number of amides is 1. The van der Waals surface area contributed by atoms with Crippen molar-refractivity contribution in [1.82, 2.24) is 4.98 Å². The Kier molecular flexibility index (Phi) is 7.40. The molecule has 0 atom stereocenters. The summed E-state index contributed by atoms with van der Waals surface area (Å²) in [5, 5.41) is 0. The van der Waals surface area contributed by atoms with Gasteiger partial charge in [-0.25, -0.2) is 9.78 Å². The number of carbonyl (C=O) groups excluding carboxylic acids is 2. The van der Waals surface area contributed by atoms with Crippen LogP contribution >= 0.6 is 0 Å². The quantitative estimate of drug-likeness (QED) is 0.431. The SMILES string of the molecule is COC(=O)c1ccc(-c2cc(OC)ccc2C(=O)N(CC(C)(C)C)c2cccc(C)n2)cc1C. The molecule has 34 heavy (non-hydrogen) atoms. The van der Waals surface area contributed by atoms with Gasteiger partial charge in [0.05, 0.1) is 19.8 Å². The smallest absolute Gasteiger partial charge is 0.338 e. The molecule has 0 unspecified atom stereocenters. The Bertz CT molecular complexity index is 1210. The second-order valence-corrected chi connectivity index (χ2v) is 9.52. The van der Waals surface area contributed by atoms with E-state index in [1.165, 1.54) is 7.11 Å². The summed E-state index contributed by atoms with van der Waals surface area (Å²) >= 11 is 0. The highest BCUT2D eigenvalue weighted by atomic mass is 16.5. The van der Waals surface area contributed by atoms with E-state index >= 15 is 0 Å². The lowest BCUT2D eigenvalue weighted by atomic mass is 9.93. The summed E-state index contributed by atoms with van der Waals surface area (Å²) < 4.78 is 10.3. The van der Waals surface area contributed by atoms with Crippen LogP contribution in [0.25, 0.3) is 11.1 Å². The summed E-state index contributed by atoms with van der Waals surface area (Å²) in [4.78, 5) is 32.4. The third-order valence-electron chi connectivity index (χ3n) is 5.43. The number of aromatic nitrogens is 1. The second kappa shape index (κ2) is 10.1. The summed E-state index contributed by atoms with van der Waals surface area (Å²) in [6.45, 7) is 10.5. The van der Waals surface area contributed by atoms with Crippen LogP contribution in [0.15, 0.2) is 54.6 Å². The van der Waals surface area contributed by atoms with Crippen molar-refractivity contribution in [2.24, 2.45) is 5.41 Å².